The van der Waals surface area contributed by atoms with E-state index < -0.39 is 0 Å². The second kappa shape index (κ2) is 8.05. The molecule has 0 aliphatic heterocycles. The molecule has 1 aromatic carbocycles. The third kappa shape index (κ3) is 4.53. The van der Waals surface area contributed by atoms with Gasteiger partial charge in [0.2, 0.25) is 0 Å². The highest BCUT2D eigenvalue weighted by atomic mass is 19.1. The molecule has 1 fully saturated rings. The van der Waals surface area contributed by atoms with Gasteiger partial charge in [-0.15, -0.1) is 0 Å². The second-order valence-corrected chi connectivity index (χ2v) is 6.47. The van der Waals surface area contributed by atoms with E-state index >= 15 is 0 Å². The summed E-state index contributed by atoms with van der Waals surface area (Å²) < 4.78 is 14.3. The standard InChI is InChI=1S/C19H23FN4O/c1-13-21-11-10-15(23-13)12-22-19(25)24-18(14-6-2-3-7-14)16-8-4-5-9-17(16)20/h4-5,8-11,14,18H,2-3,6-7,12H2,1H3,(H2,22,24,25). The van der Waals surface area contributed by atoms with E-state index in [1.165, 1.54) is 6.07 Å². The van der Waals surface area contributed by atoms with Gasteiger partial charge in [-0.2, -0.15) is 0 Å². The van der Waals surface area contributed by atoms with Gasteiger partial charge in [0.05, 0.1) is 18.3 Å². The van der Waals surface area contributed by atoms with Gasteiger partial charge in [0.25, 0.3) is 0 Å². The van der Waals surface area contributed by atoms with Crippen LogP contribution in [-0.2, 0) is 6.54 Å². The molecule has 5 nitrogen and oxygen atoms in total. The van der Waals surface area contributed by atoms with E-state index in [2.05, 4.69) is 20.6 Å². The van der Waals surface area contributed by atoms with Crippen molar-refractivity contribution < 1.29 is 9.18 Å². The number of carbonyl (C=O) groups is 1. The molecule has 132 valence electrons. The van der Waals surface area contributed by atoms with Gasteiger partial charge >= 0.3 is 6.03 Å². The molecule has 2 amide bonds. The number of aryl methyl sites for hydroxylation is 1. The first-order valence-electron chi connectivity index (χ1n) is 8.71. The largest absolute Gasteiger partial charge is 0.332 e. The minimum absolute atomic E-state index is 0.268. The predicted molar refractivity (Wildman–Crippen MR) is 93.2 cm³/mol. The number of aromatic nitrogens is 2. The molecule has 1 saturated carbocycles. The molecule has 0 radical (unpaired) electrons. The van der Waals surface area contributed by atoms with Crippen LogP contribution in [0.25, 0.3) is 0 Å². The van der Waals surface area contributed by atoms with Crippen molar-refractivity contribution in [2.24, 2.45) is 5.92 Å². The van der Waals surface area contributed by atoms with Gasteiger partial charge in [-0.25, -0.2) is 19.2 Å². The Kier molecular flexibility index (Phi) is 5.58. The van der Waals surface area contributed by atoms with E-state index in [9.17, 15) is 9.18 Å². The SMILES string of the molecule is Cc1nccc(CNC(=O)NC(c2ccccc2F)C2CCCC2)n1. The number of hydrogen-bond donors (Lipinski definition) is 2. The van der Waals surface area contributed by atoms with Crippen LogP contribution in [0.4, 0.5) is 9.18 Å². The Bertz CT molecular complexity index is 731. The minimum atomic E-state index is -0.309. The van der Waals surface area contributed by atoms with Gasteiger partial charge in [0, 0.05) is 11.8 Å². The molecule has 1 unspecified atom stereocenters. The van der Waals surface area contributed by atoms with Crippen molar-refractivity contribution in [1.29, 1.82) is 0 Å². The van der Waals surface area contributed by atoms with Gasteiger partial charge in [-0.3, -0.25) is 0 Å². The molecule has 6 heteroatoms. The lowest BCUT2D eigenvalue weighted by molar-refractivity contribution is 0.230. The number of nitrogens with zero attached hydrogens (tertiary/aromatic N) is 2. The fraction of sp³-hybridized carbons (Fsp3) is 0.421. The highest BCUT2D eigenvalue weighted by Crippen LogP contribution is 2.36. The maximum atomic E-state index is 14.3. The third-order valence-electron chi connectivity index (χ3n) is 4.66. The Morgan fingerprint density at radius 3 is 2.76 bits per heavy atom. The summed E-state index contributed by atoms with van der Waals surface area (Å²) in [5.41, 5.74) is 1.30. The van der Waals surface area contributed by atoms with Crippen LogP contribution in [0.15, 0.2) is 36.5 Å². The summed E-state index contributed by atoms with van der Waals surface area (Å²) in [7, 11) is 0. The first-order valence-corrected chi connectivity index (χ1v) is 8.71. The molecule has 2 aromatic rings. The van der Waals surface area contributed by atoms with Crippen molar-refractivity contribution in [3.05, 3.63) is 59.4 Å². The molecule has 0 bridgehead atoms. The van der Waals surface area contributed by atoms with E-state index in [1.807, 2.05) is 6.07 Å². The monoisotopic (exact) mass is 342 g/mol. The Balaban J connectivity index is 1.67. The van der Waals surface area contributed by atoms with Crippen LogP contribution < -0.4 is 10.6 Å². The van der Waals surface area contributed by atoms with Crippen LogP contribution in [0.1, 0.15) is 48.8 Å². The van der Waals surface area contributed by atoms with Gasteiger partial charge in [-0.1, -0.05) is 31.0 Å². The van der Waals surface area contributed by atoms with Gasteiger partial charge in [0.15, 0.2) is 0 Å². The zero-order chi connectivity index (χ0) is 17.6. The van der Waals surface area contributed by atoms with Gasteiger partial charge in [-0.05, 0) is 37.8 Å². The van der Waals surface area contributed by atoms with Crippen LogP contribution in [0.2, 0.25) is 0 Å². The minimum Gasteiger partial charge on any atom is -0.332 e. The topological polar surface area (TPSA) is 66.9 Å². The van der Waals surface area contributed by atoms with Crippen LogP contribution in [0, 0.1) is 18.7 Å². The summed E-state index contributed by atoms with van der Waals surface area (Å²) in [5.74, 6) is 0.657. The van der Waals surface area contributed by atoms with E-state index in [-0.39, 0.29) is 23.8 Å². The lowest BCUT2D eigenvalue weighted by Gasteiger charge is -2.25. The predicted octanol–water partition coefficient (Wildman–Crippen LogP) is 3.65. The maximum Gasteiger partial charge on any atom is 0.315 e. The van der Waals surface area contributed by atoms with Crippen molar-refractivity contribution >= 4 is 6.03 Å². The van der Waals surface area contributed by atoms with Crippen molar-refractivity contribution in [2.75, 3.05) is 0 Å². The van der Waals surface area contributed by atoms with E-state index in [0.717, 1.165) is 31.4 Å². The smallest absolute Gasteiger partial charge is 0.315 e. The molecule has 1 aromatic heterocycles. The van der Waals surface area contributed by atoms with Crippen molar-refractivity contribution in [3.8, 4) is 0 Å². The Morgan fingerprint density at radius 2 is 2.04 bits per heavy atom. The first kappa shape index (κ1) is 17.3. The lowest BCUT2D eigenvalue weighted by Crippen LogP contribution is -2.40. The first-order chi connectivity index (χ1) is 12.1. The highest BCUT2D eigenvalue weighted by molar-refractivity contribution is 5.74. The zero-order valence-electron chi connectivity index (χ0n) is 14.3. The number of carbonyl (C=O) groups excluding carboxylic acids is 1. The van der Waals surface area contributed by atoms with Crippen LogP contribution in [0.5, 0.6) is 0 Å². The molecule has 1 heterocycles. The van der Waals surface area contributed by atoms with E-state index in [4.69, 9.17) is 0 Å². The molecule has 0 spiro atoms. The molecule has 1 aliphatic rings. The third-order valence-corrected chi connectivity index (χ3v) is 4.66. The lowest BCUT2D eigenvalue weighted by atomic mass is 9.91. The summed E-state index contributed by atoms with van der Waals surface area (Å²) in [5, 5.41) is 5.77. The molecule has 1 aliphatic carbocycles. The Labute approximate surface area is 147 Å². The fourth-order valence-corrected chi connectivity index (χ4v) is 3.43. The summed E-state index contributed by atoms with van der Waals surface area (Å²) in [6, 6.07) is 7.82. The van der Waals surface area contributed by atoms with Crippen LogP contribution in [0.3, 0.4) is 0 Å². The quantitative estimate of drug-likeness (QED) is 0.871. The van der Waals surface area contributed by atoms with Gasteiger partial charge in [0.1, 0.15) is 11.6 Å². The number of halogens is 1. The van der Waals surface area contributed by atoms with Crippen molar-refractivity contribution in [3.63, 3.8) is 0 Å². The summed E-state index contributed by atoms with van der Waals surface area (Å²) >= 11 is 0. The van der Waals surface area contributed by atoms with E-state index in [0.29, 0.717) is 17.9 Å². The highest BCUT2D eigenvalue weighted by Gasteiger charge is 2.29. The molecular weight excluding hydrogens is 319 g/mol. The van der Waals surface area contributed by atoms with Crippen molar-refractivity contribution in [1.82, 2.24) is 20.6 Å². The number of nitrogens with one attached hydrogen (secondary N) is 2. The zero-order valence-corrected chi connectivity index (χ0v) is 14.3. The fourth-order valence-electron chi connectivity index (χ4n) is 3.43. The second-order valence-electron chi connectivity index (χ2n) is 6.47. The Morgan fingerprint density at radius 1 is 1.28 bits per heavy atom. The normalized spacial score (nSPS) is 15.8. The molecule has 2 N–H and O–H groups in total. The Hall–Kier alpha value is -2.50. The number of rotatable bonds is 5. The number of urea groups is 1. The van der Waals surface area contributed by atoms with E-state index in [1.54, 1.807) is 31.3 Å². The van der Waals surface area contributed by atoms with Crippen LogP contribution >= 0.6 is 0 Å². The summed E-state index contributed by atoms with van der Waals surface area (Å²) in [6.07, 6.45) is 5.92. The number of benzene rings is 1. The average Bonchev–Trinajstić information content (AvgIpc) is 3.13. The average molecular weight is 342 g/mol. The molecule has 3 rings (SSSR count). The maximum absolute atomic E-state index is 14.3. The number of hydrogen-bond acceptors (Lipinski definition) is 3. The van der Waals surface area contributed by atoms with Crippen molar-refractivity contribution in [2.45, 2.75) is 45.2 Å². The van der Waals surface area contributed by atoms with Gasteiger partial charge < -0.3 is 10.6 Å². The number of amides is 2. The molecule has 25 heavy (non-hydrogen) atoms. The summed E-state index contributed by atoms with van der Waals surface area (Å²) in [4.78, 5) is 20.7. The molecule has 1 atom stereocenters. The van der Waals surface area contributed by atoms with Crippen LogP contribution in [-0.4, -0.2) is 16.0 Å². The molecule has 0 saturated heterocycles. The molecular formula is C19H23FN4O. The summed E-state index contributed by atoms with van der Waals surface area (Å²) in [6.45, 7) is 2.11.